The highest BCUT2D eigenvalue weighted by molar-refractivity contribution is 5.97. The van der Waals surface area contributed by atoms with Crippen molar-refractivity contribution in [2.45, 2.75) is 32.2 Å². The van der Waals surface area contributed by atoms with Crippen molar-refractivity contribution < 1.29 is 19.5 Å². The zero-order chi connectivity index (χ0) is 15.7. The number of ketones is 1. The lowest BCUT2D eigenvalue weighted by atomic mass is 10.1. The third-order valence-electron chi connectivity index (χ3n) is 2.90. The summed E-state index contributed by atoms with van der Waals surface area (Å²) in [6.07, 6.45) is 4.25. The third kappa shape index (κ3) is 6.51. The molecule has 1 rings (SSSR count). The van der Waals surface area contributed by atoms with Gasteiger partial charge in [-0.2, -0.15) is 0 Å². The average Bonchev–Trinajstić information content (AvgIpc) is 2.45. The molecule has 2 N–H and O–H groups in total. The van der Waals surface area contributed by atoms with E-state index in [0.717, 1.165) is 0 Å². The number of carboxylic acid groups (broad SMARTS) is 1. The Morgan fingerprint density at radius 3 is 2.43 bits per heavy atom. The number of nitrogens with one attached hydrogen (secondary N) is 1. The quantitative estimate of drug-likeness (QED) is 0.718. The number of carboxylic acids is 1. The van der Waals surface area contributed by atoms with Crippen molar-refractivity contribution in [1.82, 2.24) is 5.32 Å². The second-order valence-electron chi connectivity index (χ2n) is 4.64. The summed E-state index contributed by atoms with van der Waals surface area (Å²) in [5, 5.41) is 11.2. The first-order valence-electron chi connectivity index (χ1n) is 6.74. The lowest BCUT2D eigenvalue weighted by Crippen LogP contribution is -2.39. The number of rotatable bonds is 8. The molecule has 1 atom stereocenters. The van der Waals surface area contributed by atoms with Crippen LogP contribution < -0.4 is 5.32 Å². The third-order valence-corrected chi connectivity index (χ3v) is 2.90. The van der Waals surface area contributed by atoms with Crippen LogP contribution in [0.1, 0.15) is 36.5 Å². The van der Waals surface area contributed by atoms with Gasteiger partial charge in [-0.05, 0) is 31.9 Å². The minimum atomic E-state index is -0.861. The van der Waals surface area contributed by atoms with Gasteiger partial charge >= 0.3 is 5.97 Å². The topological polar surface area (TPSA) is 83.5 Å². The molecule has 5 heteroatoms. The fourth-order valence-corrected chi connectivity index (χ4v) is 1.71. The van der Waals surface area contributed by atoms with E-state index in [4.69, 9.17) is 5.11 Å². The SMILES string of the molecule is CC(=O)C(CC=CCCC(=O)O)NC(=O)c1ccccc1. The Hall–Kier alpha value is -2.43. The number of amides is 1. The van der Waals surface area contributed by atoms with Crippen LogP contribution in [0.2, 0.25) is 0 Å². The molecule has 0 bridgehead atoms. The van der Waals surface area contributed by atoms with Gasteiger partial charge in [0.25, 0.3) is 5.91 Å². The number of Topliss-reactive ketones (excluding diaryl/α,β-unsaturated/α-hetero) is 1. The van der Waals surface area contributed by atoms with Crippen LogP contribution in [-0.4, -0.2) is 28.8 Å². The molecule has 0 spiro atoms. The lowest BCUT2D eigenvalue weighted by Gasteiger charge is -2.14. The maximum absolute atomic E-state index is 12.0. The van der Waals surface area contributed by atoms with Gasteiger partial charge in [0.1, 0.15) is 0 Å². The lowest BCUT2D eigenvalue weighted by molar-refractivity contribution is -0.136. The zero-order valence-electron chi connectivity index (χ0n) is 11.9. The van der Waals surface area contributed by atoms with Crippen LogP contribution in [0.5, 0.6) is 0 Å². The normalized spacial score (nSPS) is 12.0. The second kappa shape index (κ2) is 8.68. The Balaban J connectivity index is 2.52. The van der Waals surface area contributed by atoms with E-state index in [0.29, 0.717) is 18.4 Å². The first kappa shape index (κ1) is 16.6. The molecule has 1 aromatic carbocycles. The van der Waals surface area contributed by atoms with E-state index >= 15 is 0 Å². The van der Waals surface area contributed by atoms with E-state index in [1.54, 1.807) is 36.4 Å². The molecule has 1 amide bonds. The van der Waals surface area contributed by atoms with Crippen LogP contribution in [0, 0.1) is 0 Å². The number of hydrogen-bond acceptors (Lipinski definition) is 3. The number of allylic oxidation sites excluding steroid dienone is 1. The van der Waals surface area contributed by atoms with Crippen LogP contribution in [0.15, 0.2) is 42.5 Å². The molecule has 0 fully saturated rings. The zero-order valence-corrected chi connectivity index (χ0v) is 11.9. The fraction of sp³-hybridized carbons (Fsp3) is 0.312. The summed E-state index contributed by atoms with van der Waals surface area (Å²) in [6, 6.07) is 8.07. The Morgan fingerprint density at radius 2 is 1.86 bits per heavy atom. The number of aliphatic carboxylic acids is 1. The number of carbonyl (C=O) groups is 3. The smallest absolute Gasteiger partial charge is 0.303 e. The molecule has 21 heavy (non-hydrogen) atoms. The Morgan fingerprint density at radius 1 is 1.19 bits per heavy atom. The molecule has 1 unspecified atom stereocenters. The maximum atomic E-state index is 12.0. The van der Waals surface area contributed by atoms with Crippen LogP contribution >= 0.6 is 0 Å². The second-order valence-corrected chi connectivity index (χ2v) is 4.64. The van der Waals surface area contributed by atoms with Gasteiger partial charge in [0, 0.05) is 12.0 Å². The largest absolute Gasteiger partial charge is 0.481 e. The summed E-state index contributed by atoms with van der Waals surface area (Å²) in [4.78, 5) is 33.9. The Bertz CT molecular complexity index is 522. The van der Waals surface area contributed by atoms with Crippen molar-refractivity contribution in [2.24, 2.45) is 0 Å². The average molecular weight is 289 g/mol. The summed E-state index contributed by atoms with van der Waals surface area (Å²) in [6.45, 7) is 1.42. The number of hydrogen-bond donors (Lipinski definition) is 2. The van der Waals surface area contributed by atoms with Gasteiger partial charge < -0.3 is 10.4 Å². The summed E-state index contributed by atoms with van der Waals surface area (Å²) in [7, 11) is 0. The molecule has 5 nitrogen and oxygen atoms in total. The van der Waals surface area contributed by atoms with Gasteiger partial charge in [0.2, 0.25) is 0 Å². The standard InChI is InChI=1S/C16H19NO4/c1-12(18)14(10-6-3-7-11-15(19)20)17-16(21)13-8-4-2-5-9-13/h2-6,8-9,14H,7,10-11H2,1H3,(H,17,21)(H,19,20). The highest BCUT2D eigenvalue weighted by atomic mass is 16.4. The van der Waals surface area contributed by atoms with E-state index in [-0.39, 0.29) is 18.1 Å². The Labute approximate surface area is 123 Å². The molecule has 0 aliphatic carbocycles. The van der Waals surface area contributed by atoms with E-state index in [1.807, 2.05) is 6.07 Å². The van der Waals surface area contributed by atoms with Crippen LogP contribution in [-0.2, 0) is 9.59 Å². The van der Waals surface area contributed by atoms with Gasteiger partial charge in [0.05, 0.1) is 6.04 Å². The monoisotopic (exact) mass is 289 g/mol. The number of benzene rings is 1. The summed E-state index contributed by atoms with van der Waals surface area (Å²) >= 11 is 0. The van der Waals surface area contributed by atoms with E-state index in [2.05, 4.69) is 5.32 Å². The maximum Gasteiger partial charge on any atom is 0.303 e. The van der Waals surface area contributed by atoms with Crippen molar-refractivity contribution >= 4 is 17.7 Å². The summed E-state index contributed by atoms with van der Waals surface area (Å²) in [5.74, 6) is -1.29. The molecular weight excluding hydrogens is 270 g/mol. The van der Waals surface area contributed by atoms with Gasteiger partial charge in [-0.3, -0.25) is 14.4 Å². The van der Waals surface area contributed by atoms with Crippen LogP contribution in [0.4, 0.5) is 0 Å². The summed E-state index contributed by atoms with van der Waals surface area (Å²) < 4.78 is 0. The molecule has 112 valence electrons. The van der Waals surface area contributed by atoms with Gasteiger partial charge in [-0.25, -0.2) is 0 Å². The van der Waals surface area contributed by atoms with Crippen molar-refractivity contribution in [3.05, 3.63) is 48.0 Å². The van der Waals surface area contributed by atoms with Crippen molar-refractivity contribution in [1.29, 1.82) is 0 Å². The van der Waals surface area contributed by atoms with Gasteiger partial charge in [0.15, 0.2) is 5.78 Å². The van der Waals surface area contributed by atoms with Crippen molar-refractivity contribution in [3.8, 4) is 0 Å². The van der Waals surface area contributed by atoms with Gasteiger partial charge in [-0.15, -0.1) is 0 Å². The molecule has 1 aromatic rings. The number of carbonyl (C=O) groups excluding carboxylic acids is 2. The van der Waals surface area contributed by atoms with Crippen molar-refractivity contribution in [3.63, 3.8) is 0 Å². The molecule has 0 saturated carbocycles. The van der Waals surface area contributed by atoms with Crippen LogP contribution in [0.3, 0.4) is 0 Å². The molecule has 0 aromatic heterocycles. The van der Waals surface area contributed by atoms with Gasteiger partial charge in [-0.1, -0.05) is 30.4 Å². The van der Waals surface area contributed by atoms with Crippen LogP contribution in [0.25, 0.3) is 0 Å². The van der Waals surface area contributed by atoms with Crippen molar-refractivity contribution in [2.75, 3.05) is 0 Å². The highest BCUT2D eigenvalue weighted by Gasteiger charge is 2.16. The minimum Gasteiger partial charge on any atom is -0.481 e. The predicted molar refractivity (Wildman–Crippen MR) is 79.0 cm³/mol. The molecule has 0 aliphatic rings. The minimum absolute atomic E-state index is 0.0532. The highest BCUT2D eigenvalue weighted by Crippen LogP contribution is 2.03. The molecule has 0 saturated heterocycles. The van der Waals surface area contributed by atoms with E-state index in [9.17, 15) is 14.4 Å². The Kier molecular flexibility index (Phi) is 6.87. The predicted octanol–water partition coefficient (Wildman–Crippen LogP) is 2.19. The molecule has 0 radical (unpaired) electrons. The molecule has 0 heterocycles. The summed E-state index contributed by atoms with van der Waals surface area (Å²) in [5.41, 5.74) is 0.499. The van der Waals surface area contributed by atoms with E-state index in [1.165, 1.54) is 6.92 Å². The molecular formula is C16H19NO4. The molecule has 0 aliphatic heterocycles. The first-order chi connectivity index (χ1) is 10.0. The fourth-order valence-electron chi connectivity index (χ4n) is 1.71. The van der Waals surface area contributed by atoms with E-state index < -0.39 is 12.0 Å². The first-order valence-corrected chi connectivity index (χ1v) is 6.74.